The molecule has 0 saturated carbocycles. The SMILES string of the molecule is Cc1nc(COc2cccc(C(=O)NCc3cccc(Br)c3)c2)cs1. The molecule has 1 aromatic heterocycles. The highest BCUT2D eigenvalue weighted by Crippen LogP contribution is 2.17. The molecule has 0 radical (unpaired) electrons. The van der Waals surface area contributed by atoms with E-state index < -0.39 is 0 Å². The van der Waals surface area contributed by atoms with Crippen LogP contribution in [0.3, 0.4) is 0 Å². The van der Waals surface area contributed by atoms with Gasteiger partial charge in [-0.3, -0.25) is 4.79 Å². The van der Waals surface area contributed by atoms with Crippen LogP contribution in [0, 0.1) is 6.92 Å². The molecule has 0 aliphatic heterocycles. The van der Waals surface area contributed by atoms with Crippen molar-refractivity contribution in [2.75, 3.05) is 0 Å². The molecule has 4 nitrogen and oxygen atoms in total. The fraction of sp³-hybridized carbons (Fsp3) is 0.158. The van der Waals surface area contributed by atoms with Gasteiger partial charge < -0.3 is 10.1 Å². The van der Waals surface area contributed by atoms with Crippen molar-refractivity contribution in [3.63, 3.8) is 0 Å². The summed E-state index contributed by atoms with van der Waals surface area (Å²) in [5, 5.41) is 5.91. The van der Waals surface area contributed by atoms with Crippen molar-refractivity contribution < 1.29 is 9.53 Å². The zero-order valence-corrected chi connectivity index (χ0v) is 16.1. The van der Waals surface area contributed by atoms with Gasteiger partial charge in [0.15, 0.2) is 0 Å². The van der Waals surface area contributed by atoms with Gasteiger partial charge >= 0.3 is 0 Å². The number of thiazole rings is 1. The number of halogens is 1. The second-order valence-corrected chi connectivity index (χ2v) is 7.46. The number of amides is 1. The molecule has 25 heavy (non-hydrogen) atoms. The van der Waals surface area contributed by atoms with Gasteiger partial charge in [-0.2, -0.15) is 0 Å². The largest absolute Gasteiger partial charge is 0.487 e. The monoisotopic (exact) mass is 416 g/mol. The zero-order valence-electron chi connectivity index (χ0n) is 13.7. The number of hydrogen-bond acceptors (Lipinski definition) is 4. The molecule has 0 bridgehead atoms. The molecule has 1 N–H and O–H groups in total. The summed E-state index contributed by atoms with van der Waals surface area (Å²) in [7, 11) is 0. The van der Waals surface area contributed by atoms with Crippen molar-refractivity contribution in [2.24, 2.45) is 0 Å². The second kappa shape index (κ2) is 8.27. The highest BCUT2D eigenvalue weighted by atomic mass is 79.9. The third kappa shape index (κ3) is 5.14. The Morgan fingerprint density at radius 1 is 1.24 bits per heavy atom. The number of carbonyl (C=O) groups is 1. The van der Waals surface area contributed by atoms with Gasteiger partial charge in [0.25, 0.3) is 5.91 Å². The molecular weight excluding hydrogens is 400 g/mol. The van der Waals surface area contributed by atoms with Crippen LogP contribution in [-0.4, -0.2) is 10.9 Å². The molecule has 0 fully saturated rings. The first-order valence-electron chi connectivity index (χ1n) is 7.77. The van der Waals surface area contributed by atoms with E-state index in [1.54, 1.807) is 23.5 Å². The molecule has 0 aliphatic carbocycles. The number of hydrogen-bond donors (Lipinski definition) is 1. The smallest absolute Gasteiger partial charge is 0.251 e. The van der Waals surface area contributed by atoms with Crippen molar-refractivity contribution in [2.45, 2.75) is 20.1 Å². The van der Waals surface area contributed by atoms with Gasteiger partial charge in [-0.05, 0) is 42.8 Å². The number of aromatic nitrogens is 1. The minimum atomic E-state index is -0.130. The van der Waals surface area contributed by atoms with Crippen molar-refractivity contribution in [1.29, 1.82) is 0 Å². The van der Waals surface area contributed by atoms with Gasteiger partial charge in [-0.25, -0.2) is 4.98 Å². The molecule has 0 atom stereocenters. The van der Waals surface area contributed by atoms with E-state index in [2.05, 4.69) is 26.2 Å². The molecule has 0 unspecified atom stereocenters. The predicted molar refractivity (Wildman–Crippen MR) is 103 cm³/mol. The van der Waals surface area contributed by atoms with Gasteiger partial charge in [0.05, 0.1) is 10.7 Å². The number of benzene rings is 2. The molecule has 6 heteroatoms. The Kier molecular flexibility index (Phi) is 5.83. The standard InChI is InChI=1S/C19H17BrN2O2S/c1-13-22-17(12-25-13)11-24-18-7-3-5-15(9-18)19(23)21-10-14-4-2-6-16(20)8-14/h2-9,12H,10-11H2,1H3,(H,21,23). The van der Waals surface area contributed by atoms with Crippen LogP contribution in [0.25, 0.3) is 0 Å². The molecule has 1 amide bonds. The van der Waals surface area contributed by atoms with E-state index in [4.69, 9.17) is 4.74 Å². The Bertz CT molecular complexity index is 879. The average Bonchev–Trinajstić information content (AvgIpc) is 3.03. The third-order valence-electron chi connectivity index (χ3n) is 3.49. The Morgan fingerprint density at radius 3 is 2.84 bits per heavy atom. The van der Waals surface area contributed by atoms with Crippen LogP contribution >= 0.6 is 27.3 Å². The first-order valence-corrected chi connectivity index (χ1v) is 9.44. The minimum Gasteiger partial charge on any atom is -0.487 e. The first-order chi connectivity index (χ1) is 12.1. The third-order valence-corrected chi connectivity index (χ3v) is 4.81. The van der Waals surface area contributed by atoms with E-state index in [1.807, 2.05) is 48.7 Å². The molecule has 0 aliphatic rings. The maximum Gasteiger partial charge on any atom is 0.251 e. The summed E-state index contributed by atoms with van der Waals surface area (Å²) in [5.74, 6) is 0.524. The van der Waals surface area contributed by atoms with E-state index in [-0.39, 0.29) is 5.91 Å². The summed E-state index contributed by atoms with van der Waals surface area (Å²) >= 11 is 5.02. The lowest BCUT2D eigenvalue weighted by Crippen LogP contribution is -2.22. The van der Waals surface area contributed by atoms with Gasteiger partial charge in [0.1, 0.15) is 12.4 Å². The van der Waals surface area contributed by atoms with E-state index in [9.17, 15) is 4.79 Å². The summed E-state index contributed by atoms with van der Waals surface area (Å²) in [6.45, 7) is 2.83. The van der Waals surface area contributed by atoms with Gasteiger partial charge in [0, 0.05) is 22.0 Å². The van der Waals surface area contributed by atoms with E-state index in [1.165, 1.54) is 0 Å². The van der Waals surface area contributed by atoms with Crippen molar-refractivity contribution in [3.8, 4) is 5.75 Å². The van der Waals surface area contributed by atoms with Gasteiger partial charge in [-0.15, -0.1) is 11.3 Å². The molecule has 0 saturated heterocycles. The minimum absolute atomic E-state index is 0.130. The molecule has 3 rings (SSSR count). The number of ether oxygens (including phenoxy) is 1. The van der Waals surface area contributed by atoms with Crippen molar-refractivity contribution in [1.82, 2.24) is 10.3 Å². The average molecular weight is 417 g/mol. The van der Waals surface area contributed by atoms with Crippen LogP contribution in [0.4, 0.5) is 0 Å². The topological polar surface area (TPSA) is 51.2 Å². The van der Waals surface area contributed by atoms with Crippen LogP contribution < -0.4 is 10.1 Å². The van der Waals surface area contributed by atoms with Crippen LogP contribution in [0.2, 0.25) is 0 Å². The predicted octanol–water partition coefficient (Wildman–Crippen LogP) is 4.72. The maximum atomic E-state index is 12.3. The lowest BCUT2D eigenvalue weighted by Gasteiger charge is -2.08. The van der Waals surface area contributed by atoms with E-state index in [0.717, 1.165) is 20.7 Å². The quantitative estimate of drug-likeness (QED) is 0.631. The fourth-order valence-electron chi connectivity index (χ4n) is 2.29. The van der Waals surface area contributed by atoms with E-state index >= 15 is 0 Å². The highest BCUT2D eigenvalue weighted by Gasteiger charge is 2.07. The van der Waals surface area contributed by atoms with Crippen molar-refractivity contribution in [3.05, 3.63) is 80.2 Å². The number of aryl methyl sites for hydroxylation is 1. The maximum absolute atomic E-state index is 12.3. The molecule has 128 valence electrons. The van der Waals surface area contributed by atoms with Gasteiger partial charge in [0.2, 0.25) is 0 Å². The van der Waals surface area contributed by atoms with Crippen LogP contribution in [0.1, 0.15) is 26.6 Å². The summed E-state index contributed by atoms with van der Waals surface area (Å²) < 4.78 is 6.73. The molecule has 1 heterocycles. The zero-order chi connectivity index (χ0) is 17.6. The summed E-state index contributed by atoms with van der Waals surface area (Å²) in [6.07, 6.45) is 0. The summed E-state index contributed by atoms with van der Waals surface area (Å²) in [6, 6.07) is 15.0. The number of nitrogens with zero attached hydrogens (tertiary/aromatic N) is 1. The summed E-state index contributed by atoms with van der Waals surface area (Å²) in [4.78, 5) is 16.7. The molecule has 3 aromatic rings. The number of nitrogens with one attached hydrogen (secondary N) is 1. The highest BCUT2D eigenvalue weighted by molar-refractivity contribution is 9.10. The normalized spacial score (nSPS) is 10.5. The molecular formula is C19H17BrN2O2S. The Balaban J connectivity index is 1.59. The van der Waals surface area contributed by atoms with Crippen LogP contribution in [-0.2, 0) is 13.2 Å². The van der Waals surface area contributed by atoms with Crippen LogP contribution in [0.5, 0.6) is 5.75 Å². The molecule has 2 aromatic carbocycles. The lowest BCUT2D eigenvalue weighted by atomic mass is 10.2. The Hall–Kier alpha value is -2.18. The Morgan fingerprint density at radius 2 is 2.08 bits per heavy atom. The van der Waals surface area contributed by atoms with Crippen LogP contribution in [0.15, 0.2) is 58.4 Å². The Labute approximate surface area is 159 Å². The number of rotatable bonds is 6. The number of carbonyl (C=O) groups excluding carboxylic acids is 1. The second-order valence-electron chi connectivity index (χ2n) is 5.49. The van der Waals surface area contributed by atoms with Gasteiger partial charge in [-0.1, -0.05) is 34.1 Å². The molecule has 0 spiro atoms. The fourth-order valence-corrected chi connectivity index (χ4v) is 3.33. The van der Waals surface area contributed by atoms with E-state index in [0.29, 0.717) is 24.5 Å². The van der Waals surface area contributed by atoms with Crippen molar-refractivity contribution >= 4 is 33.2 Å². The first kappa shape index (κ1) is 17.6. The lowest BCUT2D eigenvalue weighted by molar-refractivity contribution is 0.0950. The summed E-state index contributed by atoms with van der Waals surface area (Å²) in [5.41, 5.74) is 2.50.